The fourth-order valence-electron chi connectivity index (χ4n) is 1.54. The summed E-state index contributed by atoms with van der Waals surface area (Å²) >= 11 is 11.0. The third-order valence-electron chi connectivity index (χ3n) is 2.61. The van der Waals surface area contributed by atoms with Crippen molar-refractivity contribution in [1.82, 2.24) is 0 Å². The van der Waals surface area contributed by atoms with Gasteiger partial charge in [0.1, 0.15) is 0 Å². The highest BCUT2D eigenvalue weighted by molar-refractivity contribution is 7.80. The second kappa shape index (κ2) is 7.03. The van der Waals surface area contributed by atoms with E-state index in [-0.39, 0.29) is 0 Å². The molecule has 0 saturated carbocycles. The zero-order chi connectivity index (χ0) is 12.0. The molecule has 1 rings (SSSR count). The zero-order valence-electron chi connectivity index (χ0n) is 10.0. The van der Waals surface area contributed by atoms with Gasteiger partial charge in [0.15, 0.2) is 0 Å². The normalized spacial score (nSPS) is 10.8. The first kappa shape index (κ1) is 13.7. The third-order valence-corrected chi connectivity index (χ3v) is 3.24. The van der Waals surface area contributed by atoms with Crippen molar-refractivity contribution in [2.45, 2.75) is 33.1 Å². The van der Waals surface area contributed by atoms with Crippen molar-refractivity contribution in [3.8, 4) is 0 Å². The monoisotopic (exact) mass is 254 g/mol. The van der Waals surface area contributed by atoms with Crippen molar-refractivity contribution in [2.24, 2.45) is 5.92 Å². The van der Waals surface area contributed by atoms with Gasteiger partial charge in [0.05, 0.1) is 0 Å². The van der Waals surface area contributed by atoms with Gasteiger partial charge >= 0.3 is 0 Å². The van der Waals surface area contributed by atoms with E-state index < -0.39 is 0 Å². The van der Waals surface area contributed by atoms with Crippen molar-refractivity contribution < 1.29 is 0 Å². The topological polar surface area (TPSA) is 0 Å². The molecule has 1 aromatic rings. The summed E-state index contributed by atoms with van der Waals surface area (Å²) in [5, 5.41) is 0. The molecule has 0 aliphatic carbocycles. The standard InChI is InChI=1S/C14H19ClS/c1-11(2)3-4-12-5-7-13(8-6-12)14(16)9-10-15/h5-8,11H,3-4,9-10H2,1-2H3. The second-order valence-corrected chi connectivity index (χ2v) is 5.36. The molecule has 0 nitrogen and oxygen atoms in total. The van der Waals surface area contributed by atoms with Crippen LogP contribution < -0.4 is 0 Å². The average molecular weight is 255 g/mol. The molecule has 1 aromatic carbocycles. The van der Waals surface area contributed by atoms with E-state index in [1.807, 2.05) is 0 Å². The Labute approximate surface area is 109 Å². The van der Waals surface area contributed by atoms with Crippen LogP contribution >= 0.6 is 23.8 Å². The third kappa shape index (κ3) is 4.63. The lowest BCUT2D eigenvalue weighted by molar-refractivity contribution is 0.587. The van der Waals surface area contributed by atoms with E-state index >= 15 is 0 Å². The Bertz CT molecular complexity index is 327. The molecule has 0 spiro atoms. The first-order valence-electron chi connectivity index (χ1n) is 5.81. The minimum Gasteiger partial charge on any atom is -0.126 e. The first-order valence-corrected chi connectivity index (χ1v) is 6.76. The molecule has 0 unspecified atom stereocenters. The van der Waals surface area contributed by atoms with Crippen molar-refractivity contribution in [2.75, 3.05) is 5.88 Å². The number of halogens is 1. The van der Waals surface area contributed by atoms with Gasteiger partial charge in [-0.15, -0.1) is 11.6 Å². The highest BCUT2D eigenvalue weighted by Gasteiger charge is 2.01. The summed E-state index contributed by atoms with van der Waals surface area (Å²) < 4.78 is 0. The molecular weight excluding hydrogens is 236 g/mol. The summed E-state index contributed by atoms with van der Waals surface area (Å²) in [6.07, 6.45) is 3.19. The van der Waals surface area contributed by atoms with Gasteiger partial charge in [-0.2, -0.15) is 0 Å². The van der Waals surface area contributed by atoms with Gasteiger partial charge in [0.2, 0.25) is 0 Å². The SMILES string of the molecule is CC(C)CCc1ccc(C(=S)CCCl)cc1. The predicted molar refractivity (Wildman–Crippen MR) is 76.6 cm³/mol. The van der Waals surface area contributed by atoms with Gasteiger partial charge in [0.25, 0.3) is 0 Å². The van der Waals surface area contributed by atoms with Crippen LogP contribution in [0.4, 0.5) is 0 Å². The van der Waals surface area contributed by atoms with E-state index in [2.05, 4.69) is 38.1 Å². The first-order chi connectivity index (χ1) is 7.63. The van der Waals surface area contributed by atoms with Crippen LogP contribution in [0.5, 0.6) is 0 Å². The van der Waals surface area contributed by atoms with Crippen LogP contribution in [0.1, 0.15) is 37.8 Å². The fourth-order valence-corrected chi connectivity index (χ4v) is 2.08. The highest BCUT2D eigenvalue weighted by atomic mass is 35.5. The van der Waals surface area contributed by atoms with Gasteiger partial charge in [-0.3, -0.25) is 0 Å². The van der Waals surface area contributed by atoms with E-state index in [9.17, 15) is 0 Å². The lowest BCUT2D eigenvalue weighted by Gasteiger charge is -2.06. The van der Waals surface area contributed by atoms with Crippen LogP contribution in [-0.2, 0) is 6.42 Å². The van der Waals surface area contributed by atoms with Crippen LogP contribution in [0.2, 0.25) is 0 Å². The molecule has 0 fully saturated rings. The van der Waals surface area contributed by atoms with Crippen LogP contribution in [0.3, 0.4) is 0 Å². The van der Waals surface area contributed by atoms with Gasteiger partial charge in [-0.05, 0) is 36.3 Å². The highest BCUT2D eigenvalue weighted by Crippen LogP contribution is 2.12. The molecular formula is C14H19ClS. The zero-order valence-corrected chi connectivity index (χ0v) is 11.6. The molecule has 0 radical (unpaired) electrons. The van der Waals surface area contributed by atoms with E-state index in [1.54, 1.807) is 0 Å². The van der Waals surface area contributed by atoms with E-state index in [1.165, 1.54) is 12.0 Å². The fraction of sp³-hybridized carbons (Fsp3) is 0.500. The van der Waals surface area contributed by atoms with Gasteiger partial charge in [0, 0.05) is 10.7 Å². The van der Waals surface area contributed by atoms with E-state index in [0.717, 1.165) is 29.2 Å². The Kier molecular flexibility index (Phi) is 6.00. The van der Waals surface area contributed by atoms with Gasteiger partial charge in [-0.1, -0.05) is 50.3 Å². The quantitative estimate of drug-likeness (QED) is 0.406. The molecule has 2 heteroatoms. The van der Waals surface area contributed by atoms with E-state index in [0.29, 0.717) is 5.88 Å². The molecule has 0 aromatic heterocycles. The summed E-state index contributed by atoms with van der Waals surface area (Å²) in [7, 11) is 0. The Morgan fingerprint density at radius 1 is 1.25 bits per heavy atom. The maximum atomic E-state index is 5.67. The van der Waals surface area contributed by atoms with Crippen molar-refractivity contribution >= 4 is 28.7 Å². The van der Waals surface area contributed by atoms with Gasteiger partial charge in [-0.25, -0.2) is 0 Å². The predicted octanol–water partition coefficient (Wildman–Crippen LogP) is 4.62. The number of aryl methyl sites for hydroxylation is 1. The summed E-state index contributed by atoms with van der Waals surface area (Å²) in [5.41, 5.74) is 2.54. The van der Waals surface area contributed by atoms with E-state index in [4.69, 9.17) is 23.8 Å². The Hall–Kier alpha value is -0.400. The number of hydrogen-bond donors (Lipinski definition) is 0. The van der Waals surface area contributed by atoms with Gasteiger partial charge < -0.3 is 0 Å². The summed E-state index contributed by atoms with van der Waals surface area (Å²) in [6, 6.07) is 8.59. The molecule has 0 aliphatic heterocycles. The maximum absolute atomic E-state index is 5.67. The molecule has 16 heavy (non-hydrogen) atoms. The minimum atomic E-state index is 0.605. The number of rotatable bonds is 6. The minimum absolute atomic E-state index is 0.605. The van der Waals surface area contributed by atoms with Crippen molar-refractivity contribution in [3.63, 3.8) is 0 Å². The van der Waals surface area contributed by atoms with Crippen molar-refractivity contribution in [3.05, 3.63) is 35.4 Å². The summed E-state index contributed by atoms with van der Waals surface area (Å²) in [6.45, 7) is 4.51. The maximum Gasteiger partial charge on any atom is 0.0272 e. The number of thiocarbonyl (C=S) groups is 1. The lowest BCUT2D eigenvalue weighted by atomic mass is 10.0. The van der Waals surface area contributed by atoms with Crippen LogP contribution in [0, 0.1) is 5.92 Å². The van der Waals surface area contributed by atoms with Crippen LogP contribution in [-0.4, -0.2) is 10.7 Å². The summed E-state index contributed by atoms with van der Waals surface area (Å²) in [4.78, 5) is 0.963. The van der Waals surface area contributed by atoms with Crippen molar-refractivity contribution in [1.29, 1.82) is 0 Å². The number of alkyl halides is 1. The molecule has 0 aliphatic rings. The molecule has 88 valence electrons. The molecule has 0 N–H and O–H groups in total. The molecule has 0 bridgehead atoms. The Morgan fingerprint density at radius 3 is 2.38 bits per heavy atom. The molecule has 0 heterocycles. The second-order valence-electron chi connectivity index (χ2n) is 4.49. The smallest absolute Gasteiger partial charge is 0.0272 e. The Balaban J connectivity index is 2.57. The number of benzene rings is 1. The molecule has 0 atom stereocenters. The summed E-state index contributed by atoms with van der Waals surface area (Å²) in [5.74, 6) is 1.37. The lowest BCUT2D eigenvalue weighted by Crippen LogP contribution is -1.98. The molecule has 0 amide bonds. The van der Waals surface area contributed by atoms with Crippen LogP contribution in [0.25, 0.3) is 0 Å². The van der Waals surface area contributed by atoms with Crippen LogP contribution in [0.15, 0.2) is 24.3 Å². The Morgan fingerprint density at radius 2 is 1.88 bits per heavy atom. The average Bonchev–Trinajstić information content (AvgIpc) is 2.27. The largest absolute Gasteiger partial charge is 0.126 e. The molecule has 0 saturated heterocycles. The number of hydrogen-bond acceptors (Lipinski definition) is 1.